The van der Waals surface area contributed by atoms with E-state index in [-0.39, 0.29) is 5.82 Å². The first-order valence-corrected chi connectivity index (χ1v) is 8.46. The smallest absolute Gasteiger partial charge is 0.325 e. The summed E-state index contributed by atoms with van der Waals surface area (Å²) in [6.07, 6.45) is 1.49. The number of methoxy groups -OCH3 is 2. The Labute approximate surface area is 161 Å². The van der Waals surface area contributed by atoms with E-state index in [1.165, 1.54) is 20.4 Å². The van der Waals surface area contributed by atoms with Crippen molar-refractivity contribution in [3.8, 4) is 11.5 Å². The first-order chi connectivity index (χ1) is 13.4. The van der Waals surface area contributed by atoms with Crippen molar-refractivity contribution < 1.29 is 23.9 Å². The van der Waals surface area contributed by atoms with Crippen LogP contribution in [0.2, 0.25) is 0 Å². The van der Waals surface area contributed by atoms with E-state index in [9.17, 15) is 14.4 Å². The summed E-state index contributed by atoms with van der Waals surface area (Å²) in [7, 11) is 2.99. The number of imide groups is 1. The molecule has 4 amide bonds. The van der Waals surface area contributed by atoms with E-state index < -0.39 is 29.9 Å². The van der Waals surface area contributed by atoms with Gasteiger partial charge in [0, 0.05) is 6.20 Å². The molecule has 0 saturated carbocycles. The van der Waals surface area contributed by atoms with Crippen molar-refractivity contribution in [1.82, 2.24) is 15.2 Å². The van der Waals surface area contributed by atoms with Gasteiger partial charge in [0.1, 0.15) is 17.8 Å². The normalized spacial score (nSPS) is 18.6. The fourth-order valence-electron chi connectivity index (χ4n) is 2.92. The number of carbonyl (C=O) groups is 3. The summed E-state index contributed by atoms with van der Waals surface area (Å²) in [4.78, 5) is 42.5. The zero-order chi connectivity index (χ0) is 20.3. The maximum Gasteiger partial charge on any atom is 0.325 e. The van der Waals surface area contributed by atoms with E-state index >= 15 is 0 Å². The minimum Gasteiger partial charge on any atom is -0.497 e. The Morgan fingerprint density at radius 1 is 1.18 bits per heavy atom. The fraction of sp³-hybridized carbons (Fsp3) is 0.263. The lowest BCUT2D eigenvalue weighted by atomic mass is 9.92. The second-order valence-electron chi connectivity index (χ2n) is 6.28. The number of rotatable bonds is 6. The molecule has 0 aliphatic carbocycles. The lowest BCUT2D eigenvalue weighted by Crippen LogP contribution is -2.42. The number of amides is 4. The van der Waals surface area contributed by atoms with Crippen LogP contribution in [0.5, 0.6) is 11.5 Å². The molecular formula is C19H20N4O5. The van der Waals surface area contributed by atoms with Gasteiger partial charge in [-0.15, -0.1) is 0 Å². The highest BCUT2D eigenvalue weighted by molar-refractivity contribution is 6.10. The van der Waals surface area contributed by atoms with Gasteiger partial charge in [-0.05, 0) is 36.8 Å². The molecule has 0 bridgehead atoms. The number of carbonyl (C=O) groups excluding carboxylic acids is 3. The summed E-state index contributed by atoms with van der Waals surface area (Å²) in [5, 5.41) is 5.20. The Bertz CT molecular complexity index is 915. The molecule has 146 valence electrons. The van der Waals surface area contributed by atoms with Crippen LogP contribution in [0.25, 0.3) is 0 Å². The van der Waals surface area contributed by atoms with E-state index in [0.717, 1.165) is 4.90 Å². The van der Waals surface area contributed by atoms with Crippen LogP contribution in [-0.2, 0) is 15.1 Å². The van der Waals surface area contributed by atoms with Crippen LogP contribution in [-0.4, -0.2) is 48.5 Å². The molecule has 1 aliphatic rings. The minimum absolute atomic E-state index is 0.208. The molecule has 28 heavy (non-hydrogen) atoms. The molecular weight excluding hydrogens is 364 g/mol. The molecule has 3 rings (SSSR count). The summed E-state index contributed by atoms with van der Waals surface area (Å²) < 4.78 is 10.2. The van der Waals surface area contributed by atoms with Gasteiger partial charge in [0.2, 0.25) is 5.91 Å². The number of nitrogens with one attached hydrogen (secondary N) is 2. The van der Waals surface area contributed by atoms with E-state index in [0.29, 0.717) is 17.1 Å². The Morgan fingerprint density at radius 2 is 1.89 bits per heavy atom. The summed E-state index contributed by atoms with van der Waals surface area (Å²) >= 11 is 0. The Kier molecular flexibility index (Phi) is 5.16. The van der Waals surface area contributed by atoms with Crippen molar-refractivity contribution in [3.05, 3.63) is 48.2 Å². The molecule has 1 aromatic carbocycles. The van der Waals surface area contributed by atoms with E-state index in [4.69, 9.17) is 9.47 Å². The first kappa shape index (κ1) is 19.2. The van der Waals surface area contributed by atoms with E-state index in [2.05, 4.69) is 15.6 Å². The van der Waals surface area contributed by atoms with E-state index in [1.54, 1.807) is 43.3 Å². The Morgan fingerprint density at radius 3 is 2.54 bits per heavy atom. The zero-order valence-corrected chi connectivity index (χ0v) is 15.7. The number of benzene rings is 1. The van der Waals surface area contributed by atoms with Gasteiger partial charge in [-0.25, -0.2) is 9.78 Å². The van der Waals surface area contributed by atoms with Crippen LogP contribution in [0.3, 0.4) is 0 Å². The predicted octanol–water partition coefficient (Wildman–Crippen LogP) is 1.50. The molecule has 1 aromatic heterocycles. The molecule has 2 N–H and O–H groups in total. The maximum atomic E-state index is 12.9. The third-order valence-corrected chi connectivity index (χ3v) is 4.49. The van der Waals surface area contributed by atoms with Gasteiger partial charge in [-0.3, -0.25) is 14.5 Å². The third-order valence-electron chi connectivity index (χ3n) is 4.49. The second kappa shape index (κ2) is 7.55. The van der Waals surface area contributed by atoms with Gasteiger partial charge in [0.05, 0.1) is 14.2 Å². The highest BCUT2D eigenvalue weighted by atomic mass is 16.5. The quantitative estimate of drug-likeness (QED) is 0.731. The third kappa shape index (κ3) is 3.46. The summed E-state index contributed by atoms with van der Waals surface area (Å²) in [6.45, 7) is 1.14. The van der Waals surface area contributed by atoms with Crippen LogP contribution in [0.1, 0.15) is 12.5 Å². The van der Waals surface area contributed by atoms with Crippen LogP contribution in [0.4, 0.5) is 10.6 Å². The van der Waals surface area contributed by atoms with Crippen molar-refractivity contribution in [2.45, 2.75) is 12.5 Å². The van der Waals surface area contributed by atoms with Crippen molar-refractivity contribution in [3.63, 3.8) is 0 Å². The van der Waals surface area contributed by atoms with E-state index in [1.807, 2.05) is 0 Å². The Balaban J connectivity index is 1.75. The van der Waals surface area contributed by atoms with Crippen LogP contribution >= 0.6 is 0 Å². The molecule has 1 saturated heterocycles. The number of urea groups is 1. The number of aromatic nitrogens is 1. The molecule has 2 aromatic rings. The van der Waals surface area contributed by atoms with Gasteiger partial charge in [0.15, 0.2) is 11.6 Å². The molecule has 1 atom stereocenters. The van der Waals surface area contributed by atoms with Crippen molar-refractivity contribution >= 4 is 23.7 Å². The van der Waals surface area contributed by atoms with Gasteiger partial charge in [-0.2, -0.15) is 0 Å². The molecule has 9 heteroatoms. The number of hydrogen-bond donors (Lipinski definition) is 2. The molecule has 1 fully saturated rings. The number of hydrogen-bond acceptors (Lipinski definition) is 6. The lowest BCUT2D eigenvalue weighted by Gasteiger charge is -2.22. The van der Waals surface area contributed by atoms with Gasteiger partial charge in [-0.1, -0.05) is 12.1 Å². The first-order valence-electron chi connectivity index (χ1n) is 8.46. The maximum absolute atomic E-state index is 12.9. The zero-order valence-electron chi connectivity index (χ0n) is 15.7. The minimum atomic E-state index is -1.27. The molecule has 0 spiro atoms. The van der Waals surface area contributed by atoms with Crippen molar-refractivity contribution in [2.75, 3.05) is 26.1 Å². The number of nitrogens with zero attached hydrogens (tertiary/aromatic N) is 2. The highest BCUT2D eigenvalue weighted by Crippen LogP contribution is 2.30. The molecule has 9 nitrogen and oxygen atoms in total. The Hall–Kier alpha value is -3.62. The second-order valence-corrected chi connectivity index (χ2v) is 6.28. The molecule has 1 aliphatic heterocycles. The highest BCUT2D eigenvalue weighted by Gasteiger charge is 2.49. The average molecular weight is 384 g/mol. The number of ether oxygens (including phenoxy) is 2. The average Bonchev–Trinajstić information content (AvgIpc) is 2.92. The molecule has 0 radical (unpaired) electrons. The molecule has 2 heterocycles. The van der Waals surface area contributed by atoms with Crippen molar-refractivity contribution in [1.29, 1.82) is 0 Å². The van der Waals surface area contributed by atoms with Gasteiger partial charge < -0.3 is 20.1 Å². The van der Waals surface area contributed by atoms with Gasteiger partial charge in [0.25, 0.3) is 5.91 Å². The summed E-state index contributed by atoms with van der Waals surface area (Å²) in [6, 6.07) is 9.43. The number of anilines is 1. The molecule has 1 unspecified atom stereocenters. The predicted molar refractivity (Wildman–Crippen MR) is 100 cm³/mol. The number of pyridine rings is 1. The van der Waals surface area contributed by atoms with Gasteiger partial charge >= 0.3 is 6.03 Å². The van der Waals surface area contributed by atoms with Crippen molar-refractivity contribution in [2.24, 2.45) is 0 Å². The standard InChI is InChI=1S/C19H20N4O5/c1-19(12-6-8-13(27-2)9-7-12)17(25)23(18(26)22-19)11-15(24)21-16-14(28-3)5-4-10-20-16/h4-10H,11H2,1-3H3,(H,22,26)(H,20,21,24). The topological polar surface area (TPSA) is 110 Å². The van der Waals surface area contributed by atoms with Crippen LogP contribution < -0.4 is 20.1 Å². The fourth-order valence-corrected chi connectivity index (χ4v) is 2.92. The summed E-state index contributed by atoms with van der Waals surface area (Å²) in [5.74, 6) is 0.117. The summed E-state index contributed by atoms with van der Waals surface area (Å²) in [5.41, 5.74) is -0.687. The largest absolute Gasteiger partial charge is 0.497 e. The lowest BCUT2D eigenvalue weighted by molar-refractivity contribution is -0.133. The monoisotopic (exact) mass is 384 g/mol. The van der Waals surface area contributed by atoms with Crippen LogP contribution in [0.15, 0.2) is 42.6 Å². The van der Waals surface area contributed by atoms with Crippen LogP contribution in [0, 0.1) is 0 Å². The SMILES string of the molecule is COc1ccc(C2(C)NC(=O)N(CC(=O)Nc3ncccc3OC)C2=O)cc1.